The van der Waals surface area contributed by atoms with Crippen molar-refractivity contribution in [3.8, 4) is 0 Å². The standard InChI is InChI=1S/C16H26N2O/c1-14-4-11-3-12(5-14)7-16(6-11,8-14)13(19)18-9-15(2,17)10-18/h11-12H,3-10,17H2,1-2H3. The molecule has 4 saturated carbocycles. The molecule has 4 aliphatic carbocycles. The van der Waals surface area contributed by atoms with Crippen molar-refractivity contribution in [2.75, 3.05) is 13.1 Å². The van der Waals surface area contributed by atoms with Crippen LogP contribution in [-0.2, 0) is 4.79 Å². The molecule has 0 aromatic heterocycles. The summed E-state index contributed by atoms with van der Waals surface area (Å²) >= 11 is 0. The summed E-state index contributed by atoms with van der Waals surface area (Å²) in [5.74, 6) is 2.08. The van der Waals surface area contributed by atoms with Crippen LogP contribution in [0, 0.1) is 22.7 Å². The van der Waals surface area contributed by atoms with Crippen molar-refractivity contribution in [3.05, 3.63) is 0 Å². The number of amides is 1. The molecule has 1 heterocycles. The van der Waals surface area contributed by atoms with Crippen LogP contribution < -0.4 is 5.73 Å². The van der Waals surface area contributed by atoms with Gasteiger partial charge in [-0.1, -0.05) is 6.92 Å². The third-order valence-corrected chi connectivity index (χ3v) is 6.20. The fourth-order valence-electron chi connectivity index (χ4n) is 6.28. The zero-order chi connectivity index (χ0) is 13.5. The van der Waals surface area contributed by atoms with Gasteiger partial charge in [-0.25, -0.2) is 0 Å². The van der Waals surface area contributed by atoms with Gasteiger partial charge in [-0.05, 0) is 62.7 Å². The molecule has 0 radical (unpaired) electrons. The largest absolute Gasteiger partial charge is 0.338 e. The van der Waals surface area contributed by atoms with Gasteiger partial charge < -0.3 is 10.6 Å². The van der Waals surface area contributed by atoms with Gasteiger partial charge in [-0.3, -0.25) is 4.79 Å². The molecule has 1 saturated heterocycles. The topological polar surface area (TPSA) is 46.3 Å². The van der Waals surface area contributed by atoms with E-state index in [2.05, 4.69) is 13.8 Å². The smallest absolute Gasteiger partial charge is 0.228 e. The normalized spacial score (nSPS) is 50.2. The van der Waals surface area contributed by atoms with E-state index < -0.39 is 0 Å². The Morgan fingerprint density at radius 3 is 2.16 bits per heavy atom. The third-order valence-electron chi connectivity index (χ3n) is 6.20. The predicted molar refractivity (Wildman–Crippen MR) is 74.4 cm³/mol. The number of likely N-dealkylation sites (tertiary alicyclic amines) is 1. The van der Waals surface area contributed by atoms with Gasteiger partial charge >= 0.3 is 0 Å². The number of carbonyl (C=O) groups excluding carboxylic acids is 1. The minimum Gasteiger partial charge on any atom is -0.338 e. The minimum absolute atomic E-state index is 0.00463. The highest BCUT2D eigenvalue weighted by molar-refractivity contribution is 5.84. The van der Waals surface area contributed by atoms with Gasteiger partial charge in [0.2, 0.25) is 5.91 Å². The first-order valence-electron chi connectivity index (χ1n) is 7.88. The summed E-state index contributed by atoms with van der Waals surface area (Å²) < 4.78 is 0. The Labute approximate surface area is 115 Å². The molecule has 19 heavy (non-hydrogen) atoms. The summed E-state index contributed by atoms with van der Waals surface area (Å²) in [7, 11) is 0. The molecular weight excluding hydrogens is 236 g/mol. The van der Waals surface area contributed by atoms with Crippen LogP contribution in [0.2, 0.25) is 0 Å². The van der Waals surface area contributed by atoms with E-state index in [-0.39, 0.29) is 11.0 Å². The van der Waals surface area contributed by atoms with Crippen LogP contribution in [0.4, 0.5) is 0 Å². The van der Waals surface area contributed by atoms with E-state index in [9.17, 15) is 4.79 Å². The molecule has 0 aromatic rings. The third kappa shape index (κ3) is 1.70. The van der Waals surface area contributed by atoms with Crippen molar-refractivity contribution < 1.29 is 4.79 Å². The highest BCUT2D eigenvalue weighted by atomic mass is 16.2. The van der Waals surface area contributed by atoms with Crippen LogP contribution in [0.3, 0.4) is 0 Å². The maximum Gasteiger partial charge on any atom is 0.228 e. The Kier molecular flexibility index (Phi) is 2.16. The van der Waals surface area contributed by atoms with Crippen LogP contribution >= 0.6 is 0 Å². The summed E-state index contributed by atoms with van der Waals surface area (Å²) in [4.78, 5) is 15.0. The van der Waals surface area contributed by atoms with Gasteiger partial charge in [0.15, 0.2) is 0 Å². The number of nitrogens with two attached hydrogens (primary N) is 1. The molecule has 3 heteroatoms. The number of hydrogen-bond acceptors (Lipinski definition) is 2. The van der Waals surface area contributed by atoms with Crippen LogP contribution in [0.5, 0.6) is 0 Å². The maximum atomic E-state index is 13.0. The number of nitrogens with zero attached hydrogens (tertiary/aromatic N) is 1. The Hall–Kier alpha value is -0.570. The Morgan fingerprint density at radius 2 is 1.68 bits per heavy atom. The monoisotopic (exact) mass is 262 g/mol. The van der Waals surface area contributed by atoms with Gasteiger partial charge in [-0.15, -0.1) is 0 Å². The van der Waals surface area contributed by atoms with Crippen LogP contribution in [-0.4, -0.2) is 29.4 Å². The van der Waals surface area contributed by atoms with Crippen molar-refractivity contribution in [2.45, 2.75) is 57.9 Å². The molecule has 2 N–H and O–H groups in total. The second kappa shape index (κ2) is 3.36. The van der Waals surface area contributed by atoms with Gasteiger partial charge in [0.1, 0.15) is 0 Å². The van der Waals surface area contributed by atoms with Crippen LogP contribution in [0.25, 0.3) is 0 Å². The first kappa shape index (κ1) is 12.2. The first-order valence-corrected chi connectivity index (χ1v) is 7.88. The predicted octanol–water partition coefficient (Wildman–Crippen LogP) is 2.15. The Bertz CT molecular complexity index is 420. The fourth-order valence-corrected chi connectivity index (χ4v) is 6.28. The molecule has 1 aliphatic heterocycles. The summed E-state index contributed by atoms with van der Waals surface area (Å²) in [6.45, 7) is 6.01. The van der Waals surface area contributed by atoms with E-state index in [1.54, 1.807) is 0 Å². The molecule has 5 fully saturated rings. The SMILES string of the molecule is CC1(N)CN(C(=O)C23CC4CC(CC(C)(C4)C2)C3)C1. The molecule has 1 amide bonds. The van der Waals surface area contributed by atoms with E-state index in [4.69, 9.17) is 5.73 Å². The lowest BCUT2D eigenvalue weighted by molar-refractivity contribution is -0.172. The quantitative estimate of drug-likeness (QED) is 0.787. The first-order chi connectivity index (χ1) is 8.79. The molecule has 4 bridgehead atoms. The van der Waals surface area contributed by atoms with Crippen LogP contribution in [0.15, 0.2) is 0 Å². The van der Waals surface area contributed by atoms with Gasteiger partial charge in [0, 0.05) is 18.6 Å². The number of rotatable bonds is 1. The molecule has 2 atom stereocenters. The summed E-state index contributed by atoms with van der Waals surface area (Å²) in [6, 6.07) is 0. The van der Waals surface area contributed by atoms with Crippen molar-refractivity contribution in [1.29, 1.82) is 0 Å². The molecule has 106 valence electrons. The van der Waals surface area contributed by atoms with Gasteiger partial charge in [0.05, 0.1) is 5.41 Å². The van der Waals surface area contributed by atoms with Crippen LogP contribution in [0.1, 0.15) is 52.4 Å². The second-order valence-electron chi connectivity index (χ2n) is 8.87. The van der Waals surface area contributed by atoms with Gasteiger partial charge in [0.25, 0.3) is 0 Å². The van der Waals surface area contributed by atoms with E-state index in [1.807, 2.05) is 4.90 Å². The molecular formula is C16H26N2O. The summed E-state index contributed by atoms with van der Waals surface area (Å²) in [6.07, 6.45) is 7.59. The highest BCUT2D eigenvalue weighted by Gasteiger charge is 2.60. The molecule has 0 aromatic carbocycles. The summed E-state index contributed by atoms with van der Waals surface area (Å²) in [5.41, 5.74) is 6.39. The molecule has 2 unspecified atom stereocenters. The molecule has 0 spiro atoms. The maximum absolute atomic E-state index is 13.0. The minimum atomic E-state index is -0.137. The summed E-state index contributed by atoms with van der Waals surface area (Å²) in [5, 5.41) is 0. The lowest BCUT2D eigenvalue weighted by Gasteiger charge is -2.62. The lowest BCUT2D eigenvalue weighted by atomic mass is 9.44. The molecule has 3 nitrogen and oxygen atoms in total. The van der Waals surface area contributed by atoms with E-state index in [0.717, 1.165) is 44.2 Å². The molecule has 5 rings (SSSR count). The fraction of sp³-hybridized carbons (Fsp3) is 0.938. The zero-order valence-corrected chi connectivity index (χ0v) is 12.2. The van der Waals surface area contributed by atoms with Crippen molar-refractivity contribution in [1.82, 2.24) is 4.90 Å². The van der Waals surface area contributed by atoms with Crippen molar-refractivity contribution >= 4 is 5.91 Å². The van der Waals surface area contributed by atoms with Crippen molar-refractivity contribution in [3.63, 3.8) is 0 Å². The average Bonchev–Trinajstić information content (AvgIpc) is 2.21. The zero-order valence-electron chi connectivity index (χ0n) is 12.2. The second-order valence-corrected chi connectivity index (χ2v) is 8.87. The number of hydrogen-bond donors (Lipinski definition) is 1. The van der Waals surface area contributed by atoms with Gasteiger partial charge in [-0.2, -0.15) is 0 Å². The van der Waals surface area contributed by atoms with Crippen molar-refractivity contribution in [2.24, 2.45) is 28.4 Å². The number of carbonyl (C=O) groups is 1. The Balaban J connectivity index is 1.59. The highest BCUT2D eigenvalue weighted by Crippen LogP contribution is 2.65. The van der Waals surface area contributed by atoms with E-state index in [0.29, 0.717) is 11.3 Å². The lowest BCUT2D eigenvalue weighted by Crippen LogP contribution is -2.70. The van der Waals surface area contributed by atoms with E-state index in [1.165, 1.54) is 19.3 Å². The average molecular weight is 262 g/mol. The Morgan fingerprint density at radius 1 is 1.11 bits per heavy atom. The van der Waals surface area contributed by atoms with E-state index >= 15 is 0 Å². The molecule has 5 aliphatic rings.